The van der Waals surface area contributed by atoms with Gasteiger partial charge in [0.2, 0.25) is 5.91 Å². The minimum absolute atomic E-state index is 0.228. The summed E-state index contributed by atoms with van der Waals surface area (Å²) in [5, 5.41) is 1.94. The maximum atomic E-state index is 13.7. The molecule has 1 amide bonds. The summed E-state index contributed by atoms with van der Waals surface area (Å²) in [6, 6.07) is 1.38. The number of benzene rings is 1. The van der Waals surface area contributed by atoms with E-state index in [9.17, 15) is 32.3 Å². The molecule has 0 bridgehead atoms. The fourth-order valence-corrected chi connectivity index (χ4v) is 2.34. The van der Waals surface area contributed by atoms with Crippen molar-refractivity contribution < 1.29 is 18.0 Å². The highest BCUT2D eigenvalue weighted by Gasteiger charge is 2.19. The molecule has 1 N–H and O–H groups in total. The molecule has 11 heteroatoms. The summed E-state index contributed by atoms with van der Waals surface area (Å²) in [6.45, 7) is 5.46. The van der Waals surface area contributed by atoms with Crippen LogP contribution in [0.4, 0.5) is 18.9 Å². The van der Waals surface area contributed by atoms with Crippen molar-refractivity contribution in [2.75, 3.05) is 5.32 Å². The van der Waals surface area contributed by atoms with Crippen LogP contribution in [0, 0.1) is 17.5 Å². The fourth-order valence-electron chi connectivity index (χ4n) is 2.34. The van der Waals surface area contributed by atoms with Crippen molar-refractivity contribution in [2.24, 2.45) is 0 Å². The Morgan fingerprint density at radius 3 is 1.89 bits per heavy atom. The van der Waals surface area contributed by atoms with Gasteiger partial charge in [-0.25, -0.2) is 41.3 Å². The molecule has 8 nitrogen and oxygen atoms in total. The zero-order valence-corrected chi connectivity index (χ0v) is 14.5. The number of nitrogens with zero attached hydrogens (tertiary/aromatic N) is 3. The first-order valence-electron chi connectivity index (χ1n) is 7.82. The average Bonchev–Trinajstić information content (AvgIpc) is 2.66. The van der Waals surface area contributed by atoms with Gasteiger partial charge in [-0.2, -0.15) is 0 Å². The zero-order valence-electron chi connectivity index (χ0n) is 14.5. The molecule has 2 rings (SSSR count). The van der Waals surface area contributed by atoms with Gasteiger partial charge < -0.3 is 5.32 Å². The predicted molar refractivity (Wildman–Crippen MR) is 94.6 cm³/mol. The molecule has 2 aromatic rings. The largest absolute Gasteiger partial charge is 0.337 e. The fraction of sp³-hybridized carbons (Fsp3) is 0.176. The van der Waals surface area contributed by atoms with Gasteiger partial charge in [0.1, 0.15) is 6.54 Å². The number of aromatic nitrogens is 3. The monoisotopic (exact) mass is 396 g/mol. The number of allylic oxidation sites excluding steroid dienone is 2. The number of amides is 1. The number of carbonyl (C=O) groups excluding carboxylic acids is 1. The van der Waals surface area contributed by atoms with Gasteiger partial charge in [0.25, 0.3) is 0 Å². The average molecular weight is 396 g/mol. The van der Waals surface area contributed by atoms with E-state index in [1.807, 2.05) is 5.32 Å². The minimum atomic E-state index is -1.79. The summed E-state index contributed by atoms with van der Waals surface area (Å²) >= 11 is 0. The van der Waals surface area contributed by atoms with Crippen LogP contribution in [0.25, 0.3) is 0 Å². The lowest BCUT2D eigenvalue weighted by Gasteiger charge is -2.12. The lowest BCUT2D eigenvalue weighted by molar-refractivity contribution is -0.116. The molecule has 0 radical (unpaired) electrons. The number of carbonyl (C=O) groups is 1. The van der Waals surface area contributed by atoms with Gasteiger partial charge >= 0.3 is 17.1 Å². The van der Waals surface area contributed by atoms with Gasteiger partial charge in [0.05, 0.1) is 18.8 Å². The van der Waals surface area contributed by atoms with Crippen LogP contribution in [0.1, 0.15) is 0 Å². The molecule has 0 unspecified atom stereocenters. The molecule has 0 fully saturated rings. The predicted octanol–water partition coefficient (Wildman–Crippen LogP) is 0.600. The van der Waals surface area contributed by atoms with Gasteiger partial charge in [0.15, 0.2) is 17.5 Å². The summed E-state index contributed by atoms with van der Waals surface area (Å²) in [5.41, 5.74) is -3.77. The van der Waals surface area contributed by atoms with E-state index in [-0.39, 0.29) is 13.1 Å². The quantitative estimate of drug-likeness (QED) is 0.548. The molecule has 28 heavy (non-hydrogen) atoms. The molecule has 1 aromatic carbocycles. The van der Waals surface area contributed by atoms with Gasteiger partial charge in [0, 0.05) is 0 Å². The maximum absolute atomic E-state index is 13.7. The van der Waals surface area contributed by atoms with Gasteiger partial charge in [-0.3, -0.25) is 4.79 Å². The van der Waals surface area contributed by atoms with Crippen molar-refractivity contribution in [3.63, 3.8) is 0 Å². The third kappa shape index (κ3) is 3.87. The summed E-state index contributed by atoms with van der Waals surface area (Å²) in [6.07, 6.45) is 2.49. The zero-order chi connectivity index (χ0) is 21.0. The van der Waals surface area contributed by atoms with Crippen molar-refractivity contribution in [2.45, 2.75) is 19.6 Å². The summed E-state index contributed by atoms with van der Waals surface area (Å²) < 4.78 is 41.7. The van der Waals surface area contributed by atoms with Gasteiger partial charge in [-0.15, -0.1) is 13.2 Å². The Hall–Kier alpha value is -3.63. The summed E-state index contributed by atoms with van der Waals surface area (Å²) in [4.78, 5) is 49.1. The van der Waals surface area contributed by atoms with Crippen molar-refractivity contribution in [3.05, 3.63) is 86.3 Å². The van der Waals surface area contributed by atoms with Crippen LogP contribution in [0.5, 0.6) is 0 Å². The first-order chi connectivity index (χ1) is 13.2. The van der Waals surface area contributed by atoms with Crippen molar-refractivity contribution >= 4 is 11.6 Å². The minimum Gasteiger partial charge on any atom is -0.322 e. The number of hydrogen-bond acceptors (Lipinski definition) is 4. The number of nitrogens with one attached hydrogen (secondary N) is 1. The Morgan fingerprint density at radius 1 is 0.893 bits per heavy atom. The van der Waals surface area contributed by atoms with Crippen LogP contribution < -0.4 is 22.4 Å². The van der Waals surface area contributed by atoms with E-state index < -0.39 is 52.7 Å². The second-order valence-electron chi connectivity index (χ2n) is 5.50. The first kappa shape index (κ1) is 20.7. The van der Waals surface area contributed by atoms with E-state index in [1.54, 1.807) is 0 Å². The molecule has 0 atom stereocenters. The van der Waals surface area contributed by atoms with Crippen LogP contribution in [-0.4, -0.2) is 19.6 Å². The highest BCUT2D eigenvalue weighted by molar-refractivity contribution is 5.90. The van der Waals surface area contributed by atoms with Crippen LogP contribution in [0.2, 0.25) is 0 Å². The first-order valence-corrected chi connectivity index (χ1v) is 7.82. The molecule has 0 aliphatic rings. The molecule has 0 aliphatic carbocycles. The molecule has 0 saturated carbocycles. The molecular weight excluding hydrogens is 381 g/mol. The van der Waals surface area contributed by atoms with E-state index >= 15 is 0 Å². The third-order valence-electron chi connectivity index (χ3n) is 3.62. The SMILES string of the molecule is C=CCn1c(=O)n(CC=C)c(=O)n(CC(=O)Nc2ccc(F)c(F)c2F)c1=O. The van der Waals surface area contributed by atoms with Crippen LogP contribution in [0.3, 0.4) is 0 Å². The Labute approximate surface area is 155 Å². The molecular formula is C17H15F3N4O4. The Morgan fingerprint density at radius 2 is 1.39 bits per heavy atom. The summed E-state index contributed by atoms with van der Waals surface area (Å²) in [5.74, 6) is -5.95. The summed E-state index contributed by atoms with van der Waals surface area (Å²) in [7, 11) is 0. The highest BCUT2D eigenvalue weighted by atomic mass is 19.2. The van der Waals surface area contributed by atoms with E-state index in [1.165, 1.54) is 12.2 Å². The maximum Gasteiger partial charge on any atom is 0.337 e. The number of anilines is 1. The van der Waals surface area contributed by atoms with Gasteiger partial charge in [-0.1, -0.05) is 12.2 Å². The van der Waals surface area contributed by atoms with Crippen molar-refractivity contribution in [3.8, 4) is 0 Å². The second-order valence-corrected chi connectivity index (χ2v) is 5.50. The Bertz CT molecular complexity index is 1080. The van der Waals surface area contributed by atoms with Crippen LogP contribution >= 0.6 is 0 Å². The van der Waals surface area contributed by atoms with Crippen molar-refractivity contribution in [1.82, 2.24) is 13.7 Å². The smallest absolute Gasteiger partial charge is 0.322 e. The molecule has 0 saturated heterocycles. The second kappa shape index (κ2) is 8.37. The Kier molecular flexibility index (Phi) is 6.18. The number of halogens is 3. The standard InChI is InChI=1S/C17H15F3N4O4/c1-3-7-22-15(26)23(8-4-2)17(28)24(16(22)27)9-12(25)21-11-6-5-10(18)13(19)14(11)20/h3-6H,1-2,7-9H2,(H,21,25). The lowest BCUT2D eigenvalue weighted by Crippen LogP contribution is -2.55. The normalized spacial score (nSPS) is 10.5. The van der Waals surface area contributed by atoms with Crippen molar-refractivity contribution in [1.29, 1.82) is 0 Å². The lowest BCUT2D eigenvalue weighted by atomic mass is 10.2. The molecule has 148 valence electrons. The Balaban J connectivity index is 2.47. The number of rotatable bonds is 7. The van der Waals surface area contributed by atoms with E-state index in [0.29, 0.717) is 19.8 Å². The molecule has 0 aliphatic heterocycles. The molecule has 1 aromatic heterocycles. The van der Waals surface area contributed by atoms with Crippen LogP contribution in [-0.2, 0) is 24.4 Å². The third-order valence-corrected chi connectivity index (χ3v) is 3.62. The number of hydrogen-bond donors (Lipinski definition) is 1. The molecule has 1 heterocycles. The van der Waals surface area contributed by atoms with E-state index in [0.717, 1.165) is 6.07 Å². The molecule has 0 spiro atoms. The van der Waals surface area contributed by atoms with E-state index in [4.69, 9.17) is 0 Å². The van der Waals surface area contributed by atoms with E-state index in [2.05, 4.69) is 13.2 Å². The van der Waals surface area contributed by atoms with Crippen LogP contribution in [0.15, 0.2) is 51.8 Å². The topological polar surface area (TPSA) is 95.1 Å². The van der Waals surface area contributed by atoms with Gasteiger partial charge in [-0.05, 0) is 12.1 Å². The highest BCUT2D eigenvalue weighted by Crippen LogP contribution is 2.19.